The summed E-state index contributed by atoms with van der Waals surface area (Å²) in [6.07, 6.45) is 0.635. The molecule has 0 radical (unpaired) electrons. The highest BCUT2D eigenvalue weighted by atomic mass is 16.2. The number of amides is 2. The summed E-state index contributed by atoms with van der Waals surface area (Å²) >= 11 is 0. The minimum atomic E-state index is -0.440. The summed E-state index contributed by atoms with van der Waals surface area (Å²) in [6, 6.07) is 0. The Hall–Kier alpha value is -1.06. The van der Waals surface area contributed by atoms with Crippen molar-refractivity contribution in [3.63, 3.8) is 0 Å². The molecular formula is C7H12N2O2. The molecule has 62 valence electrons. The maximum absolute atomic E-state index is 11.2. The number of carbonyl (C=O) groups excluding carboxylic acids is 2. The van der Waals surface area contributed by atoms with Gasteiger partial charge in [0.2, 0.25) is 11.8 Å². The van der Waals surface area contributed by atoms with E-state index in [9.17, 15) is 9.59 Å². The van der Waals surface area contributed by atoms with Gasteiger partial charge in [-0.05, 0) is 6.42 Å². The summed E-state index contributed by atoms with van der Waals surface area (Å²) < 4.78 is 0. The van der Waals surface area contributed by atoms with E-state index in [0.29, 0.717) is 13.0 Å². The van der Waals surface area contributed by atoms with Crippen LogP contribution in [0.1, 0.15) is 6.42 Å². The number of nitrogens with zero attached hydrogens (tertiary/aromatic N) is 1. The molecule has 1 rings (SSSR count). The molecule has 0 aliphatic carbocycles. The molecule has 0 aromatic heterocycles. The SMILES string of the molecule is CN(C)C(=O)[C@H]1CCNC1=O. The van der Waals surface area contributed by atoms with Gasteiger partial charge in [-0.25, -0.2) is 0 Å². The van der Waals surface area contributed by atoms with Gasteiger partial charge in [-0.3, -0.25) is 9.59 Å². The Bertz CT molecular complexity index is 189. The fourth-order valence-corrected chi connectivity index (χ4v) is 1.14. The molecule has 1 saturated heterocycles. The van der Waals surface area contributed by atoms with Crippen molar-refractivity contribution in [1.29, 1.82) is 0 Å². The van der Waals surface area contributed by atoms with Crippen molar-refractivity contribution < 1.29 is 9.59 Å². The van der Waals surface area contributed by atoms with E-state index in [1.54, 1.807) is 14.1 Å². The Labute approximate surface area is 65.6 Å². The average molecular weight is 156 g/mol. The van der Waals surface area contributed by atoms with Crippen molar-refractivity contribution in [3.05, 3.63) is 0 Å². The fourth-order valence-electron chi connectivity index (χ4n) is 1.14. The van der Waals surface area contributed by atoms with Crippen LogP contribution >= 0.6 is 0 Å². The molecule has 1 N–H and O–H groups in total. The van der Waals surface area contributed by atoms with Crippen molar-refractivity contribution >= 4 is 11.8 Å². The lowest BCUT2D eigenvalue weighted by Gasteiger charge is -2.13. The smallest absolute Gasteiger partial charge is 0.234 e. The third-order valence-corrected chi connectivity index (χ3v) is 1.79. The van der Waals surface area contributed by atoms with Gasteiger partial charge in [0.15, 0.2) is 0 Å². The molecule has 4 heteroatoms. The highest BCUT2D eigenvalue weighted by Crippen LogP contribution is 2.10. The zero-order valence-electron chi connectivity index (χ0n) is 6.76. The Balaban J connectivity index is 2.60. The van der Waals surface area contributed by atoms with Gasteiger partial charge in [-0.15, -0.1) is 0 Å². The lowest BCUT2D eigenvalue weighted by atomic mass is 10.1. The van der Waals surface area contributed by atoms with Crippen molar-refractivity contribution in [1.82, 2.24) is 10.2 Å². The molecule has 0 aromatic rings. The van der Waals surface area contributed by atoms with Crippen LogP contribution in [0.2, 0.25) is 0 Å². The fraction of sp³-hybridized carbons (Fsp3) is 0.714. The van der Waals surface area contributed by atoms with Crippen molar-refractivity contribution in [2.45, 2.75) is 6.42 Å². The molecule has 0 spiro atoms. The molecule has 1 atom stereocenters. The molecule has 1 aliphatic rings. The van der Waals surface area contributed by atoms with Crippen LogP contribution in [-0.4, -0.2) is 37.4 Å². The maximum atomic E-state index is 11.2. The van der Waals surface area contributed by atoms with Crippen LogP contribution in [0.25, 0.3) is 0 Å². The van der Waals surface area contributed by atoms with Crippen LogP contribution in [-0.2, 0) is 9.59 Å². The second-order valence-corrected chi connectivity index (χ2v) is 2.86. The van der Waals surface area contributed by atoms with Gasteiger partial charge in [0.1, 0.15) is 5.92 Å². The highest BCUT2D eigenvalue weighted by molar-refractivity contribution is 6.01. The molecule has 4 nitrogen and oxygen atoms in total. The minimum Gasteiger partial charge on any atom is -0.355 e. The van der Waals surface area contributed by atoms with Crippen LogP contribution < -0.4 is 5.32 Å². The zero-order chi connectivity index (χ0) is 8.43. The van der Waals surface area contributed by atoms with E-state index >= 15 is 0 Å². The second kappa shape index (κ2) is 2.90. The van der Waals surface area contributed by atoms with E-state index in [1.165, 1.54) is 4.90 Å². The highest BCUT2D eigenvalue weighted by Gasteiger charge is 2.31. The molecule has 2 amide bonds. The van der Waals surface area contributed by atoms with Crippen LogP contribution in [0.4, 0.5) is 0 Å². The summed E-state index contributed by atoms with van der Waals surface area (Å²) in [4.78, 5) is 23.6. The Morgan fingerprint density at radius 3 is 2.64 bits per heavy atom. The molecule has 1 aliphatic heterocycles. The first-order chi connectivity index (χ1) is 5.13. The third kappa shape index (κ3) is 1.50. The molecule has 0 unspecified atom stereocenters. The number of rotatable bonds is 1. The first-order valence-corrected chi connectivity index (χ1v) is 3.62. The molecule has 0 bridgehead atoms. The zero-order valence-corrected chi connectivity index (χ0v) is 6.76. The van der Waals surface area contributed by atoms with Gasteiger partial charge in [0.05, 0.1) is 0 Å². The summed E-state index contributed by atoms with van der Waals surface area (Å²) in [5.74, 6) is -0.672. The maximum Gasteiger partial charge on any atom is 0.234 e. The van der Waals surface area contributed by atoms with Crippen LogP contribution in [0.3, 0.4) is 0 Å². The summed E-state index contributed by atoms with van der Waals surface area (Å²) in [7, 11) is 3.32. The third-order valence-electron chi connectivity index (χ3n) is 1.79. The number of hydrogen-bond donors (Lipinski definition) is 1. The quantitative estimate of drug-likeness (QED) is 0.506. The van der Waals surface area contributed by atoms with E-state index in [4.69, 9.17) is 0 Å². The normalized spacial score (nSPS) is 23.1. The van der Waals surface area contributed by atoms with E-state index in [1.807, 2.05) is 0 Å². The monoisotopic (exact) mass is 156 g/mol. The van der Waals surface area contributed by atoms with Gasteiger partial charge < -0.3 is 10.2 Å². The Morgan fingerprint density at radius 1 is 1.64 bits per heavy atom. The minimum absolute atomic E-state index is 0.0972. The van der Waals surface area contributed by atoms with Crippen molar-refractivity contribution in [2.24, 2.45) is 5.92 Å². The van der Waals surface area contributed by atoms with Crippen LogP contribution in [0, 0.1) is 5.92 Å². The molecule has 1 heterocycles. The number of nitrogens with one attached hydrogen (secondary N) is 1. The largest absolute Gasteiger partial charge is 0.355 e. The van der Waals surface area contributed by atoms with E-state index < -0.39 is 5.92 Å². The summed E-state index contributed by atoms with van der Waals surface area (Å²) in [5, 5.41) is 2.62. The molecular weight excluding hydrogens is 144 g/mol. The van der Waals surface area contributed by atoms with E-state index in [-0.39, 0.29) is 11.8 Å². The van der Waals surface area contributed by atoms with E-state index in [0.717, 1.165) is 0 Å². The van der Waals surface area contributed by atoms with Crippen LogP contribution in [0.15, 0.2) is 0 Å². The lowest BCUT2D eigenvalue weighted by molar-refractivity contribution is -0.138. The average Bonchev–Trinajstić information content (AvgIpc) is 2.33. The molecule has 0 saturated carbocycles. The predicted molar refractivity (Wildman–Crippen MR) is 39.8 cm³/mol. The Morgan fingerprint density at radius 2 is 2.27 bits per heavy atom. The topological polar surface area (TPSA) is 49.4 Å². The number of hydrogen-bond acceptors (Lipinski definition) is 2. The lowest BCUT2D eigenvalue weighted by Crippen LogP contribution is -2.34. The summed E-state index contributed by atoms with van der Waals surface area (Å²) in [5.41, 5.74) is 0. The standard InChI is InChI=1S/C7H12N2O2/c1-9(2)7(11)5-3-4-8-6(5)10/h5H,3-4H2,1-2H3,(H,8,10)/t5-/m0/s1. The van der Waals surface area contributed by atoms with Gasteiger partial charge in [0, 0.05) is 20.6 Å². The van der Waals surface area contributed by atoms with Crippen molar-refractivity contribution in [2.75, 3.05) is 20.6 Å². The van der Waals surface area contributed by atoms with Crippen molar-refractivity contribution in [3.8, 4) is 0 Å². The van der Waals surface area contributed by atoms with E-state index in [2.05, 4.69) is 5.32 Å². The number of carbonyl (C=O) groups is 2. The second-order valence-electron chi connectivity index (χ2n) is 2.86. The summed E-state index contributed by atoms with van der Waals surface area (Å²) in [6.45, 7) is 0.628. The van der Waals surface area contributed by atoms with Gasteiger partial charge in [-0.1, -0.05) is 0 Å². The Kier molecular flexibility index (Phi) is 2.12. The molecule has 0 aromatic carbocycles. The molecule has 11 heavy (non-hydrogen) atoms. The first-order valence-electron chi connectivity index (χ1n) is 3.62. The van der Waals surface area contributed by atoms with Gasteiger partial charge in [-0.2, -0.15) is 0 Å². The molecule has 1 fully saturated rings. The predicted octanol–water partition coefficient (Wildman–Crippen LogP) is -0.789. The van der Waals surface area contributed by atoms with Gasteiger partial charge in [0.25, 0.3) is 0 Å². The van der Waals surface area contributed by atoms with Gasteiger partial charge >= 0.3 is 0 Å². The first kappa shape index (κ1) is 8.04. The van der Waals surface area contributed by atoms with Crippen LogP contribution in [0.5, 0.6) is 0 Å².